The molecule has 0 radical (unpaired) electrons. The fraction of sp³-hybridized carbons (Fsp3) is 0.636. The van der Waals surface area contributed by atoms with Gasteiger partial charge in [-0.25, -0.2) is 9.97 Å². The Hall–Kier alpha value is -1.16. The highest BCUT2D eigenvalue weighted by Crippen LogP contribution is 2.30. The Morgan fingerprint density at radius 3 is 3.00 bits per heavy atom. The number of hydrogen-bond acceptors (Lipinski definition) is 4. The molecule has 1 aromatic heterocycles. The lowest BCUT2D eigenvalue weighted by Gasteiger charge is -2.23. The van der Waals surface area contributed by atoms with Crippen molar-refractivity contribution in [3.05, 3.63) is 18.1 Å². The van der Waals surface area contributed by atoms with Crippen LogP contribution in [0.25, 0.3) is 0 Å². The summed E-state index contributed by atoms with van der Waals surface area (Å²) in [5, 5.41) is 0. The van der Waals surface area contributed by atoms with Crippen molar-refractivity contribution in [3.8, 4) is 0 Å². The monoisotopic (exact) mass is 206 g/mol. The molecule has 1 saturated heterocycles. The van der Waals surface area contributed by atoms with Crippen LogP contribution < -0.4 is 10.6 Å². The quantitative estimate of drug-likeness (QED) is 0.783. The molecule has 4 nitrogen and oxygen atoms in total. The molecule has 1 aromatic rings. The lowest BCUT2D eigenvalue weighted by molar-refractivity contribution is 0.383. The summed E-state index contributed by atoms with van der Waals surface area (Å²) in [6.07, 6.45) is 2.96. The molecule has 1 aliphatic heterocycles. The standard InChI is InChI=1S/C11H18N4/c1-9-13-5-3-10(14-9)15-6-4-11(2,7-12)8-15/h3,5H,4,6-8,12H2,1-2H3. The molecule has 0 aliphatic carbocycles. The van der Waals surface area contributed by atoms with Crippen molar-refractivity contribution in [1.82, 2.24) is 9.97 Å². The Morgan fingerprint density at radius 2 is 2.40 bits per heavy atom. The molecule has 2 rings (SSSR count). The molecule has 1 aliphatic rings. The van der Waals surface area contributed by atoms with E-state index in [4.69, 9.17) is 5.73 Å². The molecule has 1 unspecified atom stereocenters. The van der Waals surface area contributed by atoms with Gasteiger partial charge in [0.15, 0.2) is 0 Å². The van der Waals surface area contributed by atoms with Crippen LogP contribution in [0, 0.1) is 12.3 Å². The van der Waals surface area contributed by atoms with Gasteiger partial charge in [0.2, 0.25) is 0 Å². The number of anilines is 1. The van der Waals surface area contributed by atoms with Gasteiger partial charge in [-0.2, -0.15) is 0 Å². The summed E-state index contributed by atoms with van der Waals surface area (Å²) in [5.74, 6) is 1.86. The normalized spacial score (nSPS) is 25.9. The fourth-order valence-corrected chi connectivity index (χ4v) is 2.01. The van der Waals surface area contributed by atoms with Crippen molar-refractivity contribution >= 4 is 5.82 Å². The Labute approximate surface area is 90.5 Å². The predicted molar refractivity (Wildman–Crippen MR) is 60.8 cm³/mol. The SMILES string of the molecule is Cc1nccc(N2CCC(C)(CN)C2)n1. The van der Waals surface area contributed by atoms with Crippen molar-refractivity contribution < 1.29 is 0 Å². The lowest BCUT2D eigenvalue weighted by Crippen LogP contribution is -2.31. The second kappa shape index (κ2) is 3.77. The summed E-state index contributed by atoms with van der Waals surface area (Å²) >= 11 is 0. The van der Waals surface area contributed by atoms with Gasteiger partial charge in [0.05, 0.1) is 0 Å². The third-order valence-electron chi connectivity index (χ3n) is 3.14. The first-order chi connectivity index (χ1) is 7.13. The number of rotatable bonds is 2. The third kappa shape index (κ3) is 2.09. The minimum absolute atomic E-state index is 0.249. The smallest absolute Gasteiger partial charge is 0.132 e. The van der Waals surface area contributed by atoms with Crippen LogP contribution in [0.5, 0.6) is 0 Å². The van der Waals surface area contributed by atoms with Crippen molar-refractivity contribution in [2.75, 3.05) is 24.5 Å². The maximum atomic E-state index is 5.78. The van der Waals surface area contributed by atoms with Crippen molar-refractivity contribution in [2.45, 2.75) is 20.3 Å². The molecule has 0 amide bonds. The van der Waals surface area contributed by atoms with Gasteiger partial charge in [-0.15, -0.1) is 0 Å². The first kappa shape index (κ1) is 10.4. The summed E-state index contributed by atoms with van der Waals surface area (Å²) in [7, 11) is 0. The molecular formula is C11H18N4. The highest BCUT2D eigenvalue weighted by Gasteiger charge is 2.32. The highest BCUT2D eigenvalue weighted by atomic mass is 15.2. The second-order valence-corrected chi connectivity index (χ2v) is 4.65. The van der Waals surface area contributed by atoms with Crippen LogP contribution in [0.2, 0.25) is 0 Å². The summed E-state index contributed by atoms with van der Waals surface area (Å²) in [4.78, 5) is 10.8. The van der Waals surface area contributed by atoms with Crippen LogP contribution in [0.1, 0.15) is 19.2 Å². The van der Waals surface area contributed by atoms with Gasteiger partial charge in [-0.05, 0) is 31.4 Å². The molecular weight excluding hydrogens is 188 g/mol. The zero-order valence-corrected chi connectivity index (χ0v) is 9.40. The van der Waals surface area contributed by atoms with Gasteiger partial charge in [0.1, 0.15) is 11.6 Å². The van der Waals surface area contributed by atoms with E-state index < -0.39 is 0 Å². The Morgan fingerprint density at radius 1 is 1.60 bits per heavy atom. The van der Waals surface area contributed by atoms with E-state index in [-0.39, 0.29) is 5.41 Å². The van der Waals surface area contributed by atoms with E-state index in [1.165, 1.54) is 0 Å². The molecule has 2 N–H and O–H groups in total. The number of nitrogens with two attached hydrogens (primary N) is 1. The second-order valence-electron chi connectivity index (χ2n) is 4.65. The molecule has 82 valence electrons. The average molecular weight is 206 g/mol. The molecule has 15 heavy (non-hydrogen) atoms. The van der Waals surface area contributed by atoms with E-state index in [9.17, 15) is 0 Å². The number of aryl methyl sites for hydroxylation is 1. The molecule has 0 aromatic carbocycles. The van der Waals surface area contributed by atoms with Crippen LogP contribution in [0.3, 0.4) is 0 Å². The van der Waals surface area contributed by atoms with Crippen LogP contribution in [-0.4, -0.2) is 29.6 Å². The highest BCUT2D eigenvalue weighted by molar-refractivity contribution is 5.39. The predicted octanol–water partition coefficient (Wildman–Crippen LogP) is 0.960. The molecule has 4 heteroatoms. The van der Waals surface area contributed by atoms with Crippen LogP contribution in [0.4, 0.5) is 5.82 Å². The average Bonchev–Trinajstić information content (AvgIpc) is 2.62. The van der Waals surface area contributed by atoms with Crippen molar-refractivity contribution in [3.63, 3.8) is 0 Å². The maximum Gasteiger partial charge on any atom is 0.132 e. The summed E-state index contributed by atoms with van der Waals surface area (Å²) in [5.41, 5.74) is 6.03. The number of nitrogens with zero attached hydrogens (tertiary/aromatic N) is 3. The van der Waals surface area contributed by atoms with E-state index in [1.54, 1.807) is 0 Å². The molecule has 0 bridgehead atoms. The zero-order valence-electron chi connectivity index (χ0n) is 9.40. The van der Waals surface area contributed by atoms with E-state index in [2.05, 4.69) is 21.8 Å². The zero-order chi connectivity index (χ0) is 10.9. The van der Waals surface area contributed by atoms with Crippen LogP contribution in [-0.2, 0) is 0 Å². The van der Waals surface area contributed by atoms with Gasteiger partial charge in [0, 0.05) is 19.3 Å². The van der Waals surface area contributed by atoms with Crippen LogP contribution in [0.15, 0.2) is 12.3 Å². The molecule has 2 heterocycles. The lowest BCUT2D eigenvalue weighted by atomic mass is 9.90. The molecule has 0 saturated carbocycles. The van der Waals surface area contributed by atoms with Crippen LogP contribution >= 0.6 is 0 Å². The number of aromatic nitrogens is 2. The van der Waals surface area contributed by atoms with E-state index in [1.807, 2.05) is 19.2 Å². The van der Waals surface area contributed by atoms with E-state index >= 15 is 0 Å². The Balaban J connectivity index is 2.14. The summed E-state index contributed by atoms with van der Waals surface area (Å²) in [6.45, 7) is 6.94. The van der Waals surface area contributed by atoms with E-state index in [0.29, 0.717) is 0 Å². The minimum atomic E-state index is 0.249. The minimum Gasteiger partial charge on any atom is -0.356 e. The maximum absolute atomic E-state index is 5.78. The topological polar surface area (TPSA) is 55.0 Å². The first-order valence-electron chi connectivity index (χ1n) is 5.38. The Bertz CT molecular complexity index is 352. The molecule has 0 spiro atoms. The van der Waals surface area contributed by atoms with Gasteiger partial charge < -0.3 is 10.6 Å². The number of hydrogen-bond donors (Lipinski definition) is 1. The van der Waals surface area contributed by atoms with Crippen molar-refractivity contribution in [2.24, 2.45) is 11.1 Å². The van der Waals surface area contributed by atoms with Crippen molar-refractivity contribution in [1.29, 1.82) is 0 Å². The van der Waals surface area contributed by atoms with Gasteiger partial charge in [-0.1, -0.05) is 6.92 Å². The van der Waals surface area contributed by atoms with Gasteiger partial charge in [-0.3, -0.25) is 0 Å². The third-order valence-corrected chi connectivity index (χ3v) is 3.14. The summed E-state index contributed by atoms with van der Waals surface area (Å²) in [6, 6.07) is 1.97. The van der Waals surface area contributed by atoms with Gasteiger partial charge in [0.25, 0.3) is 0 Å². The fourth-order valence-electron chi connectivity index (χ4n) is 2.01. The largest absolute Gasteiger partial charge is 0.356 e. The molecule has 1 fully saturated rings. The Kier molecular flexibility index (Phi) is 2.61. The molecule has 1 atom stereocenters. The summed E-state index contributed by atoms with van der Waals surface area (Å²) < 4.78 is 0. The van der Waals surface area contributed by atoms with E-state index in [0.717, 1.165) is 37.7 Å². The first-order valence-corrected chi connectivity index (χ1v) is 5.38. The van der Waals surface area contributed by atoms with Gasteiger partial charge >= 0.3 is 0 Å².